The standard InChI is InChI=1S/C21H23FNO2P/c1-26(2,25)16-10-8-15(9-11-16)20(24)23-14-21(12-3-4-13-21)19-17(22)6-5-7-18(19)23/h5-11H,3-4,12-14H2,1-2H3. The third-order valence-corrected chi connectivity index (χ3v) is 7.36. The van der Waals surface area contributed by atoms with E-state index in [-0.39, 0.29) is 17.1 Å². The van der Waals surface area contributed by atoms with Crippen LogP contribution in [0.1, 0.15) is 41.6 Å². The Balaban J connectivity index is 1.72. The molecule has 0 radical (unpaired) electrons. The molecule has 1 saturated carbocycles. The predicted octanol–water partition coefficient (Wildman–Crippen LogP) is 4.55. The second-order valence-corrected chi connectivity index (χ2v) is 11.1. The fraction of sp³-hybridized carbons (Fsp3) is 0.381. The van der Waals surface area contributed by atoms with Crippen LogP contribution < -0.4 is 10.2 Å². The van der Waals surface area contributed by atoms with Crippen molar-refractivity contribution in [2.45, 2.75) is 31.1 Å². The Morgan fingerprint density at radius 2 is 1.73 bits per heavy atom. The van der Waals surface area contributed by atoms with Crippen LogP contribution in [0.2, 0.25) is 0 Å². The van der Waals surface area contributed by atoms with E-state index in [0.717, 1.165) is 31.0 Å². The molecule has 0 unspecified atom stereocenters. The Bertz CT molecular complexity index is 910. The van der Waals surface area contributed by atoms with Gasteiger partial charge in [-0.3, -0.25) is 4.79 Å². The van der Waals surface area contributed by atoms with Crippen molar-refractivity contribution in [2.24, 2.45) is 0 Å². The van der Waals surface area contributed by atoms with E-state index in [4.69, 9.17) is 0 Å². The number of rotatable bonds is 2. The SMILES string of the molecule is CP(C)(=O)c1ccc(C(=O)N2CC3(CCCC3)c3c(F)cccc32)cc1. The number of fused-ring (bicyclic) bond motifs is 2. The lowest BCUT2D eigenvalue weighted by molar-refractivity contribution is 0.0985. The lowest BCUT2D eigenvalue weighted by Crippen LogP contribution is -2.35. The molecule has 0 bridgehead atoms. The molecule has 4 rings (SSSR count). The highest BCUT2D eigenvalue weighted by Gasteiger charge is 2.48. The van der Waals surface area contributed by atoms with Gasteiger partial charge in [0.1, 0.15) is 13.0 Å². The molecule has 2 aliphatic rings. The summed E-state index contributed by atoms with van der Waals surface area (Å²) >= 11 is 0. The topological polar surface area (TPSA) is 37.4 Å². The number of nitrogens with zero attached hydrogens (tertiary/aromatic N) is 1. The van der Waals surface area contributed by atoms with Crippen molar-refractivity contribution in [3.8, 4) is 0 Å². The number of benzene rings is 2. The van der Waals surface area contributed by atoms with E-state index in [0.29, 0.717) is 23.4 Å². The number of hydrogen-bond donors (Lipinski definition) is 0. The highest BCUT2D eigenvalue weighted by molar-refractivity contribution is 7.70. The van der Waals surface area contributed by atoms with Crippen LogP contribution >= 0.6 is 7.14 Å². The number of anilines is 1. The van der Waals surface area contributed by atoms with Gasteiger partial charge in [0.25, 0.3) is 5.91 Å². The Labute approximate surface area is 153 Å². The van der Waals surface area contributed by atoms with Gasteiger partial charge in [-0.05, 0) is 50.4 Å². The monoisotopic (exact) mass is 371 g/mol. The van der Waals surface area contributed by atoms with Crippen LogP contribution in [0.3, 0.4) is 0 Å². The van der Waals surface area contributed by atoms with Gasteiger partial charge in [-0.2, -0.15) is 0 Å². The first-order valence-electron chi connectivity index (χ1n) is 9.08. The smallest absolute Gasteiger partial charge is 0.258 e. The van der Waals surface area contributed by atoms with Crippen molar-refractivity contribution >= 4 is 24.0 Å². The molecule has 1 spiro atoms. The molecule has 1 heterocycles. The predicted molar refractivity (Wildman–Crippen MR) is 104 cm³/mol. The fourth-order valence-electron chi connectivity index (χ4n) is 4.49. The number of carbonyl (C=O) groups is 1. The van der Waals surface area contributed by atoms with Crippen molar-refractivity contribution in [1.29, 1.82) is 0 Å². The van der Waals surface area contributed by atoms with E-state index in [9.17, 15) is 13.8 Å². The Kier molecular flexibility index (Phi) is 4.07. The molecule has 5 heteroatoms. The minimum absolute atomic E-state index is 0.116. The van der Waals surface area contributed by atoms with E-state index in [2.05, 4.69) is 0 Å². The van der Waals surface area contributed by atoms with Crippen LogP contribution in [0.4, 0.5) is 10.1 Å². The van der Waals surface area contributed by atoms with Crippen molar-refractivity contribution in [1.82, 2.24) is 0 Å². The average Bonchev–Trinajstić information content (AvgIpc) is 3.20. The maximum absolute atomic E-state index is 14.6. The van der Waals surface area contributed by atoms with E-state index in [1.54, 1.807) is 48.6 Å². The van der Waals surface area contributed by atoms with Gasteiger partial charge in [-0.15, -0.1) is 0 Å². The van der Waals surface area contributed by atoms with E-state index in [1.807, 2.05) is 6.07 Å². The molecule has 0 N–H and O–H groups in total. The largest absolute Gasteiger partial charge is 0.319 e. The second-order valence-electron chi connectivity index (χ2n) is 7.91. The van der Waals surface area contributed by atoms with Crippen molar-refractivity contribution < 1.29 is 13.8 Å². The van der Waals surface area contributed by atoms with Crippen LogP contribution in [0.5, 0.6) is 0 Å². The number of halogens is 1. The molecule has 0 saturated heterocycles. The molecule has 0 aromatic heterocycles. The zero-order valence-electron chi connectivity index (χ0n) is 15.2. The van der Waals surface area contributed by atoms with Crippen LogP contribution in [-0.2, 0) is 9.98 Å². The maximum atomic E-state index is 14.6. The number of hydrogen-bond acceptors (Lipinski definition) is 2. The van der Waals surface area contributed by atoms with Gasteiger partial charge in [-0.1, -0.05) is 31.0 Å². The third kappa shape index (κ3) is 2.72. The first-order chi connectivity index (χ1) is 12.3. The van der Waals surface area contributed by atoms with Crippen LogP contribution in [0, 0.1) is 5.82 Å². The minimum Gasteiger partial charge on any atom is -0.319 e. The van der Waals surface area contributed by atoms with Crippen LogP contribution in [-0.4, -0.2) is 25.8 Å². The summed E-state index contributed by atoms with van der Waals surface area (Å²) in [5.41, 5.74) is 1.73. The van der Waals surface area contributed by atoms with Gasteiger partial charge in [0, 0.05) is 28.4 Å². The summed E-state index contributed by atoms with van der Waals surface area (Å²) in [5.74, 6) is -0.317. The molecule has 2 aromatic carbocycles. The Hall–Kier alpha value is -1.93. The van der Waals surface area contributed by atoms with Gasteiger partial charge in [0.15, 0.2) is 0 Å². The van der Waals surface area contributed by atoms with Gasteiger partial charge < -0.3 is 9.46 Å². The zero-order valence-corrected chi connectivity index (χ0v) is 16.1. The third-order valence-electron chi connectivity index (χ3n) is 5.82. The van der Waals surface area contributed by atoms with E-state index in [1.165, 1.54) is 6.07 Å². The van der Waals surface area contributed by atoms with Gasteiger partial charge in [-0.25, -0.2) is 4.39 Å². The molecular weight excluding hydrogens is 348 g/mol. The van der Waals surface area contributed by atoms with Crippen LogP contribution in [0.25, 0.3) is 0 Å². The first kappa shape index (κ1) is 17.5. The lowest BCUT2D eigenvalue weighted by Gasteiger charge is -2.25. The van der Waals surface area contributed by atoms with Crippen LogP contribution in [0.15, 0.2) is 42.5 Å². The molecular formula is C21H23FNO2P. The number of carbonyl (C=O) groups excluding carboxylic acids is 1. The lowest BCUT2D eigenvalue weighted by atomic mass is 9.80. The van der Waals surface area contributed by atoms with Gasteiger partial charge >= 0.3 is 0 Å². The summed E-state index contributed by atoms with van der Waals surface area (Å²) in [4.78, 5) is 14.9. The Morgan fingerprint density at radius 1 is 1.08 bits per heavy atom. The fourth-order valence-corrected chi connectivity index (χ4v) is 5.36. The van der Waals surface area contributed by atoms with Crippen molar-refractivity contribution in [2.75, 3.05) is 24.8 Å². The highest BCUT2D eigenvalue weighted by Crippen LogP contribution is 2.51. The molecule has 1 amide bonds. The molecule has 136 valence electrons. The Morgan fingerprint density at radius 3 is 2.35 bits per heavy atom. The zero-order chi connectivity index (χ0) is 18.5. The summed E-state index contributed by atoms with van der Waals surface area (Å²) in [7, 11) is -2.35. The van der Waals surface area contributed by atoms with E-state index >= 15 is 0 Å². The van der Waals surface area contributed by atoms with Gasteiger partial charge in [0.05, 0.1) is 5.69 Å². The molecule has 1 aliphatic carbocycles. The minimum atomic E-state index is -2.35. The summed E-state index contributed by atoms with van der Waals surface area (Å²) in [6, 6.07) is 12.0. The average molecular weight is 371 g/mol. The number of amides is 1. The van der Waals surface area contributed by atoms with Gasteiger partial charge in [0.2, 0.25) is 0 Å². The summed E-state index contributed by atoms with van der Waals surface area (Å²) < 4.78 is 26.8. The molecule has 2 aromatic rings. The maximum Gasteiger partial charge on any atom is 0.258 e. The van der Waals surface area contributed by atoms with Crippen molar-refractivity contribution in [3.63, 3.8) is 0 Å². The highest BCUT2D eigenvalue weighted by atomic mass is 31.2. The first-order valence-corrected chi connectivity index (χ1v) is 11.7. The molecule has 26 heavy (non-hydrogen) atoms. The normalized spacial score (nSPS) is 18.3. The quantitative estimate of drug-likeness (QED) is 0.727. The molecule has 3 nitrogen and oxygen atoms in total. The van der Waals surface area contributed by atoms with Crippen molar-refractivity contribution in [3.05, 3.63) is 59.4 Å². The molecule has 1 aliphatic heterocycles. The summed E-state index contributed by atoms with van der Waals surface area (Å²) in [6.45, 7) is 3.98. The summed E-state index contributed by atoms with van der Waals surface area (Å²) in [5, 5.41) is 0.758. The molecule has 0 atom stereocenters. The summed E-state index contributed by atoms with van der Waals surface area (Å²) in [6.07, 6.45) is 4.01. The molecule has 1 fully saturated rings. The second kappa shape index (κ2) is 6.06. The van der Waals surface area contributed by atoms with E-state index < -0.39 is 7.14 Å².